The molecule has 204 valence electrons. The Hall–Kier alpha value is -3.70. The number of amides is 1. The highest BCUT2D eigenvalue weighted by Gasteiger charge is 2.44. The van der Waals surface area contributed by atoms with E-state index in [0.717, 1.165) is 40.9 Å². The summed E-state index contributed by atoms with van der Waals surface area (Å²) in [4.78, 5) is 22.0. The normalized spacial score (nSPS) is 13.6. The average molecular weight is 566 g/mol. The van der Waals surface area contributed by atoms with Gasteiger partial charge in [-0.15, -0.1) is 0 Å². The molecule has 1 fully saturated rings. The van der Waals surface area contributed by atoms with Gasteiger partial charge in [-0.25, -0.2) is 13.4 Å². The summed E-state index contributed by atoms with van der Waals surface area (Å²) in [6.45, 7) is 5.98. The lowest BCUT2D eigenvalue weighted by molar-refractivity contribution is -0.120. The lowest BCUT2D eigenvalue weighted by atomic mass is 10.1. The first kappa shape index (κ1) is 28.3. The number of aromatic nitrogens is 3. The van der Waals surface area contributed by atoms with Crippen LogP contribution in [0.5, 0.6) is 0 Å². The van der Waals surface area contributed by atoms with Crippen molar-refractivity contribution in [3.05, 3.63) is 72.4 Å². The first-order valence-corrected chi connectivity index (χ1v) is 15.5. The standard InChI is InChI=1S/C26H25N5O4S2.C2H6/c1-26(13-14-26)25(32)28-18-5-3-6-19(15-18)31-36-21-11-9-17(10-12-21)23-29-24(35-30-23)22-8-4-7-20(27-22)16-37(2,33)34;1-2/h3-12,15,31H,13-14,16H2,1-2H3,(H,28,32);1-2H3. The molecule has 0 atom stereocenters. The van der Waals surface area contributed by atoms with Gasteiger partial charge in [-0.05, 0) is 79.4 Å². The maximum Gasteiger partial charge on any atom is 0.276 e. The van der Waals surface area contributed by atoms with Crippen molar-refractivity contribution in [1.29, 1.82) is 0 Å². The molecule has 1 aliphatic rings. The van der Waals surface area contributed by atoms with Crippen LogP contribution in [-0.4, -0.2) is 35.7 Å². The van der Waals surface area contributed by atoms with E-state index in [4.69, 9.17) is 4.52 Å². The molecule has 9 nitrogen and oxygen atoms in total. The Morgan fingerprint density at radius 3 is 2.38 bits per heavy atom. The first-order chi connectivity index (χ1) is 18.7. The smallest absolute Gasteiger partial charge is 0.276 e. The minimum absolute atomic E-state index is 0.0647. The van der Waals surface area contributed by atoms with Gasteiger partial charge in [0.1, 0.15) is 5.69 Å². The summed E-state index contributed by atoms with van der Waals surface area (Å²) in [6.07, 6.45) is 3.03. The molecule has 0 bridgehead atoms. The van der Waals surface area contributed by atoms with Gasteiger partial charge in [0.15, 0.2) is 9.84 Å². The number of benzene rings is 2. The summed E-state index contributed by atoms with van der Waals surface area (Å²) in [5.74, 6) is 0.526. The first-order valence-electron chi connectivity index (χ1n) is 12.6. The zero-order chi connectivity index (χ0) is 28.0. The third-order valence-electron chi connectivity index (χ3n) is 5.93. The Balaban J connectivity index is 0.00000172. The number of nitrogens with zero attached hydrogens (tertiary/aromatic N) is 3. The summed E-state index contributed by atoms with van der Waals surface area (Å²) >= 11 is 1.44. The van der Waals surface area contributed by atoms with E-state index in [1.807, 2.05) is 69.3 Å². The number of pyridine rings is 1. The zero-order valence-corrected chi connectivity index (χ0v) is 23.9. The molecule has 1 amide bonds. The molecule has 2 aromatic heterocycles. The van der Waals surface area contributed by atoms with Crippen molar-refractivity contribution in [2.24, 2.45) is 5.41 Å². The van der Waals surface area contributed by atoms with Crippen molar-refractivity contribution >= 4 is 39.1 Å². The Morgan fingerprint density at radius 1 is 1.00 bits per heavy atom. The Bertz CT molecular complexity index is 1550. The van der Waals surface area contributed by atoms with Gasteiger partial charge in [-0.3, -0.25) is 4.79 Å². The van der Waals surface area contributed by atoms with Gasteiger partial charge in [-0.2, -0.15) is 4.98 Å². The van der Waals surface area contributed by atoms with Crippen molar-refractivity contribution in [3.8, 4) is 23.0 Å². The van der Waals surface area contributed by atoms with E-state index in [9.17, 15) is 13.2 Å². The number of carbonyl (C=O) groups excluding carboxylic acids is 1. The van der Waals surface area contributed by atoms with Crippen LogP contribution in [0.15, 0.2) is 76.1 Å². The summed E-state index contributed by atoms with van der Waals surface area (Å²) < 4.78 is 31.8. The number of hydrogen-bond acceptors (Lipinski definition) is 9. The summed E-state index contributed by atoms with van der Waals surface area (Å²) in [5, 5.41) is 7.04. The number of anilines is 2. The summed E-state index contributed by atoms with van der Waals surface area (Å²) in [5.41, 5.74) is 3.02. The number of rotatable bonds is 9. The lowest BCUT2D eigenvalue weighted by Gasteiger charge is -2.12. The third-order valence-corrected chi connectivity index (χ3v) is 7.60. The largest absolute Gasteiger partial charge is 0.332 e. The van der Waals surface area contributed by atoms with Gasteiger partial charge in [0.05, 0.1) is 11.4 Å². The van der Waals surface area contributed by atoms with Gasteiger partial charge in [-0.1, -0.05) is 38.1 Å². The monoisotopic (exact) mass is 565 g/mol. The fourth-order valence-electron chi connectivity index (χ4n) is 3.54. The van der Waals surface area contributed by atoms with Crippen molar-refractivity contribution in [3.63, 3.8) is 0 Å². The van der Waals surface area contributed by atoms with Crippen molar-refractivity contribution in [2.75, 3.05) is 16.3 Å². The molecule has 4 aromatic rings. The lowest BCUT2D eigenvalue weighted by Crippen LogP contribution is -2.21. The van der Waals surface area contributed by atoms with Gasteiger partial charge < -0.3 is 14.6 Å². The minimum atomic E-state index is -3.20. The zero-order valence-electron chi connectivity index (χ0n) is 22.3. The van der Waals surface area contributed by atoms with E-state index in [2.05, 4.69) is 25.2 Å². The molecule has 0 aliphatic heterocycles. The maximum absolute atomic E-state index is 12.3. The number of hydrogen-bond donors (Lipinski definition) is 2. The molecule has 11 heteroatoms. The van der Waals surface area contributed by atoms with E-state index in [-0.39, 0.29) is 23.0 Å². The number of nitrogens with one attached hydrogen (secondary N) is 2. The van der Waals surface area contributed by atoms with Crippen LogP contribution < -0.4 is 10.0 Å². The van der Waals surface area contributed by atoms with Crippen LogP contribution in [-0.2, 0) is 20.4 Å². The Kier molecular flexibility index (Phi) is 8.71. The molecule has 0 unspecified atom stereocenters. The molecule has 2 heterocycles. The molecule has 2 N–H and O–H groups in total. The fourth-order valence-corrected chi connectivity index (χ4v) is 4.87. The SMILES string of the molecule is CC.CC1(C(=O)Nc2cccc(NSc3ccc(-c4noc(-c5cccc(CS(C)(=O)=O)n5)n4)cc3)c2)CC1. The van der Waals surface area contributed by atoms with Crippen molar-refractivity contribution in [1.82, 2.24) is 15.1 Å². The quantitative estimate of drug-likeness (QED) is 0.227. The highest BCUT2D eigenvalue weighted by molar-refractivity contribution is 8.00. The van der Waals surface area contributed by atoms with E-state index in [1.165, 1.54) is 11.9 Å². The Morgan fingerprint density at radius 2 is 1.69 bits per heavy atom. The van der Waals surface area contributed by atoms with Crippen LogP contribution in [0.4, 0.5) is 11.4 Å². The van der Waals surface area contributed by atoms with Crippen molar-refractivity contribution in [2.45, 2.75) is 44.3 Å². The predicted molar refractivity (Wildman–Crippen MR) is 155 cm³/mol. The van der Waals surface area contributed by atoms with Crippen LogP contribution in [0.2, 0.25) is 0 Å². The Labute approximate surface area is 232 Å². The summed E-state index contributed by atoms with van der Waals surface area (Å²) in [7, 11) is -3.20. The molecule has 0 radical (unpaired) electrons. The molecule has 0 saturated heterocycles. The van der Waals surface area contributed by atoms with Gasteiger partial charge >= 0.3 is 0 Å². The number of sulfone groups is 1. The van der Waals surface area contributed by atoms with Crippen LogP contribution in [0.25, 0.3) is 23.0 Å². The maximum atomic E-state index is 12.3. The molecule has 1 aliphatic carbocycles. The van der Waals surface area contributed by atoms with Crippen LogP contribution in [0, 0.1) is 5.41 Å². The highest BCUT2D eigenvalue weighted by Crippen LogP contribution is 2.45. The molecular weight excluding hydrogens is 534 g/mol. The van der Waals surface area contributed by atoms with Crippen LogP contribution in [0.1, 0.15) is 39.3 Å². The second kappa shape index (κ2) is 12.0. The second-order valence-corrected chi connectivity index (χ2v) is 12.4. The van der Waals surface area contributed by atoms with Crippen LogP contribution >= 0.6 is 11.9 Å². The topological polar surface area (TPSA) is 127 Å². The third kappa shape index (κ3) is 7.67. The molecule has 1 saturated carbocycles. The number of carbonyl (C=O) groups is 1. The minimum Gasteiger partial charge on any atom is -0.332 e. The van der Waals surface area contributed by atoms with Gasteiger partial charge in [0.25, 0.3) is 5.89 Å². The molecule has 0 spiro atoms. The van der Waals surface area contributed by atoms with Crippen LogP contribution in [0.3, 0.4) is 0 Å². The van der Waals surface area contributed by atoms with Gasteiger partial charge in [0, 0.05) is 33.5 Å². The van der Waals surface area contributed by atoms with E-state index in [0.29, 0.717) is 17.2 Å². The molecule has 39 heavy (non-hydrogen) atoms. The molecule has 5 rings (SSSR count). The average Bonchev–Trinajstić information content (AvgIpc) is 3.49. The van der Waals surface area contributed by atoms with E-state index < -0.39 is 9.84 Å². The second-order valence-electron chi connectivity index (χ2n) is 9.33. The molecular formula is C28H31N5O4S2. The fraction of sp³-hybridized carbons (Fsp3) is 0.286. The van der Waals surface area contributed by atoms with E-state index >= 15 is 0 Å². The predicted octanol–water partition coefficient (Wildman–Crippen LogP) is 6.23. The molecule has 2 aromatic carbocycles. The van der Waals surface area contributed by atoms with E-state index in [1.54, 1.807) is 18.2 Å². The van der Waals surface area contributed by atoms with Crippen molar-refractivity contribution < 1.29 is 17.7 Å². The summed E-state index contributed by atoms with van der Waals surface area (Å²) in [6, 6.07) is 20.3. The highest BCUT2D eigenvalue weighted by atomic mass is 32.2. The van der Waals surface area contributed by atoms with Gasteiger partial charge in [0.2, 0.25) is 11.7 Å².